The summed E-state index contributed by atoms with van der Waals surface area (Å²) in [6.07, 6.45) is 2.35. The van der Waals surface area contributed by atoms with Gasteiger partial charge >= 0.3 is 5.97 Å². The van der Waals surface area contributed by atoms with Gasteiger partial charge in [0.25, 0.3) is 0 Å². The highest BCUT2D eigenvalue weighted by Crippen LogP contribution is 2.19. The van der Waals surface area contributed by atoms with E-state index in [4.69, 9.17) is 17.2 Å². The van der Waals surface area contributed by atoms with Gasteiger partial charge in [-0.15, -0.1) is 0 Å². The van der Waals surface area contributed by atoms with Gasteiger partial charge in [0.15, 0.2) is 5.96 Å². The fraction of sp³-hybridized carbons (Fsp3) is 0.480. The number of carboxylic acids is 1. The van der Waals surface area contributed by atoms with Crippen LogP contribution in [0.15, 0.2) is 35.5 Å². The third-order valence-electron chi connectivity index (χ3n) is 6.08. The lowest BCUT2D eigenvalue weighted by molar-refractivity contribution is -0.142. The molecule has 0 aliphatic carbocycles. The molecule has 4 atom stereocenters. The maximum absolute atomic E-state index is 13.1. The SMILES string of the molecule is CC(C)C(NC(=O)C(CO)NC(=O)C(N)CCCN=C(N)N)C(=O)NC(Cc1c[nH]c2ccccc12)C(=O)O. The van der Waals surface area contributed by atoms with Crippen LogP contribution >= 0.6 is 0 Å². The Balaban J connectivity index is 2.02. The molecular formula is C25H38N8O6. The van der Waals surface area contributed by atoms with E-state index < -0.39 is 60.4 Å². The standard InChI is InChI=1S/C25H38N8O6/c1-13(2)20(33-22(36)19(12-34)32-21(35)16(26)7-5-9-29-25(27)28)23(37)31-18(24(38)39)10-14-11-30-17-8-4-3-6-15(14)17/h3-4,6,8,11,13,16,18-20,30,34H,5,7,9-10,12,26H2,1-2H3,(H,31,37)(H,32,35)(H,33,36)(H,38,39)(H4,27,28,29). The molecule has 0 radical (unpaired) electrons. The van der Waals surface area contributed by atoms with Crippen LogP contribution in [-0.4, -0.2) is 82.2 Å². The number of aliphatic hydroxyl groups is 1. The number of aromatic amines is 1. The highest BCUT2D eigenvalue weighted by atomic mass is 16.4. The van der Waals surface area contributed by atoms with Gasteiger partial charge in [-0.05, 0) is 30.4 Å². The Morgan fingerprint density at radius 1 is 1.00 bits per heavy atom. The second-order valence-electron chi connectivity index (χ2n) is 9.49. The molecule has 214 valence electrons. The summed E-state index contributed by atoms with van der Waals surface area (Å²) in [6.45, 7) is 2.86. The van der Waals surface area contributed by atoms with Crippen molar-refractivity contribution in [3.05, 3.63) is 36.0 Å². The fourth-order valence-corrected chi connectivity index (χ4v) is 3.89. The van der Waals surface area contributed by atoms with E-state index in [1.807, 2.05) is 24.3 Å². The van der Waals surface area contributed by atoms with Crippen LogP contribution in [0.1, 0.15) is 32.3 Å². The summed E-state index contributed by atoms with van der Waals surface area (Å²) < 4.78 is 0. The number of nitrogens with zero attached hydrogens (tertiary/aromatic N) is 1. The van der Waals surface area contributed by atoms with E-state index >= 15 is 0 Å². The average Bonchev–Trinajstić information content (AvgIpc) is 3.29. The van der Waals surface area contributed by atoms with Gasteiger partial charge in [0.2, 0.25) is 17.7 Å². The molecule has 14 heteroatoms. The van der Waals surface area contributed by atoms with Crippen molar-refractivity contribution in [1.82, 2.24) is 20.9 Å². The van der Waals surface area contributed by atoms with Crippen LogP contribution in [0.2, 0.25) is 0 Å². The van der Waals surface area contributed by atoms with Crippen molar-refractivity contribution in [3.8, 4) is 0 Å². The van der Waals surface area contributed by atoms with E-state index in [1.165, 1.54) is 0 Å². The van der Waals surface area contributed by atoms with Crippen molar-refractivity contribution in [2.24, 2.45) is 28.1 Å². The Morgan fingerprint density at radius 3 is 2.28 bits per heavy atom. The van der Waals surface area contributed by atoms with Crippen molar-refractivity contribution in [3.63, 3.8) is 0 Å². The number of carbonyl (C=O) groups is 4. The number of aliphatic carboxylic acids is 1. The zero-order chi connectivity index (χ0) is 29.1. The first-order valence-corrected chi connectivity index (χ1v) is 12.5. The fourth-order valence-electron chi connectivity index (χ4n) is 3.89. The Labute approximate surface area is 225 Å². The number of para-hydroxylation sites is 1. The summed E-state index contributed by atoms with van der Waals surface area (Å²) in [5, 5.41) is 27.6. The number of carbonyl (C=O) groups excluding carboxylic acids is 3. The molecule has 1 aromatic carbocycles. The molecule has 1 heterocycles. The van der Waals surface area contributed by atoms with Crippen molar-refractivity contribution >= 4 is 40.6 Å². The number of nitrogens with one attached hydrogen (secondary N) is 4. The van der Waals surface area contributed by atoms with E-state index in [2.05, 4.69) is 25.9 Å². The third kappa shape index (κ3) is 9.26. The minimum atomic E-state index is -1.38. The number of hydrogen-bond donors (Lipinski definition) is 9. The van der Waals surface area contributed by atoms with Crippen molar-refractivity contribution < 1.29 is 29.4 Å². The van der Waals surface area contributed by atoms with Gasteiger partial charge in [0, 0.05) is 30.1 Å². The molecule has 3 amide bonds. The number of aromatic nitrogens is 1. The van der Waals surface area contributed by atoms with Gasteiger partial charge < -0.3 is 48.3 Å². The predicted octanol–water partition coefficient (Wildman–Crippen LogP) is -1.72. The maximum Gasteiger partial charge on any atom is 0.326 e. The summed E-state index contributed by atoms with van der Waals surface area (Å²) in [7, 11) is 0. The van der Waals surface area contributed by atoms with E-state index in [0.29, 0.717) is 12.0 Å². The minimum absolute atomic E-state index is 0.0141. The first kappa shape index (κ1) is 31.1. The van der Waals surface area contributed by atoms with Crippen LogP contribution < -0.4 is 33.2 Å². The lowest BCUT2D eigenvalue weighted by Crippen LogP contribution is -2.59. The molecule has 1 aromatic heterocycles. The van der Waals surface area contributed by atoms with Crippen LogP contribution in [0.25, 0.3) is 10.9 Å². The topological polar surface area (TPSA) is 251 Å². The minimum Gasteiger partial charge on any atom is -0.480 e. The van der Waals surface area contributed by atoms with E-state index in [9.17, 15) is 29.4 Å². The van der Waals surface area contributed by atoms with Crippen LogP contribution in [0, 0.1) is 5.92 Å². The van der Waals surface area contributed by atoms with Gasteiger partial charge in [-0.3, -0.25) is 19.4 Å². The molecule has 0 saturated heterocycles. The molecule has 2 aromatic rings. The zero-order valence-corrected chi connectivity index (χ0v) is 22.0. The quantitative estimate of drug-likeness (QED) is 0.0698. The van der Waals surface area contributed by atoms with Crippen LogP contribution in [0.5, 0.6) is 0 Å². The summed E-state index contributed by atoms with van der Waals surface area (Å²) in [5.41, 5.74) is 17.9. The van der Waals surface area contributed by atoms with Gasteiger partial charge in [0.1, 0.15) is 18.1 Å². The largest absolute Gasteiger partial charge is 0.480 e. The first-order valence-electron chi connectivity index (χ1n) is 12.5. The van der Waals surface area contributed by atoms with Crippen molar-refractivity contribution in [2.75, 3.05) is 13.2 Å². The number of benzene rings is 1. The Kier molecular flexibility index (Phi) is 11.7. The highest BCUT2D eigenvalue weighted by Gasteiger charge is 2.32. The smallest absolute Gasteiger partial charge is 0.326 e. The first-order chi connectivity index (χ1) is 18.4. The zero-order valence-electron chi connectivity index (χ0n) is 22.0. The molecule has 0 bridgehead atoms. The van der Waals surface area contributed by atoms with E-state index in [-0.39, 0.29) is 25.3 Å². The van der Waals surface area contributed by atoms with Crippen LogP contribution in [0.3, 0.4) is 0 Å². The number of carboxylic acid groups (broad SMARTS) is 1. The number of fused-ring (bicyclic) bond motifs is 1. The molecule has 12 N–H and O–H groups in total. The summed E-state index contributed by atoms with van der Waals surface area (Å²) >= 11 is 0. The maximum atomic E-state index is 13.1. The van der Waals surface area contributed by atoms with E-state index in [1.54, 1.807) is 20.0 Å². The molecule has 0 fully saturated rings. The molecule has 0 aliphatic rings. The predicted molar refractivity (Wildman–Crippen MR) is 145 cm³/mol. The van der Waals surface area contributed by atoms with Crippen molar-refractivity contribution in [2.45, 2.75) is 57.3 Å². The number of aliphatic imine (C=N–C) groups is 1. The normalized spacial score (nSPS) is 14.2. The second-order valence-corrected chi connectivity index (χ2v) is 9.49. The average molecular weight is 547 g/mol. The molecule has 4 unspecified atom stereocenters. The third-order valence-corrected chi connectivity index (χ3v) is 6.08. The van der Waals surface area contributed by atoms with Gasteiger partial charge in [-0.25, -0.2) is 4.79 Å². The Hall–Kier alpha value is -4.17. The van der Waals surface area contributed by atoms with Gasteiger partial charge in [0.05, 0.1) is 12.6 Å². The molecule has 39 heavy (non-hydrogen) atoms. The number of hydrogen-bond acceptors (Lipinski definition) is 7. The molecule has 2 rings (SSSR count). The summed E-state index contributed by atoms with van der Waals surface area (Å²) in [4.78, 5) is 57.1. The number of nitrogens with two attached hydrogens (primary N) is 3. The molecule has 0 aliphatic heterocycles. The molecule has 0 saturated carbocycles. The highest BCUT2D eigenvalue weighted by molar-refractivity contribution is 5.94. The lowest BCUT2D eigenvalue weighted by atomic mass is 10.0. The lowest BCUT2D eigenvalue weighted by Gasteiger charge is -2.26. The Bertz CT molecular complexity index is 1180. The summed E-state index contributed by atoms with van der Waals surface area (Å²) in [6, 6.07) is 2.62. The van der Waals surface area contributed by atoms with E-state index in [0.717, 1.165) is 10.9 Å². The molecule has 14 nitrogen and oxygen atoms in total. The van der Waals surface area contributed by atoms with Crippen LogP contribution in [0.4, 0.5) is 0 Å². The Morgan fingerprint density at radius 2 is 1.67 bits per heavy atom. The van der Waals surface area contributed by atoms with Gasteiger partial charge in [-0.2, -0.15) is 0 Å². The summed E-state index contributed by atoms with van der Waals surface area (Å²) in [5.74, 6) is -3.98. The van der Waals surface area contributed by atoms with Gasteiger partial charge in [-0.1, -0.05) is 32.0 Å². The molecular weight excluding hydrogens is 508 g/mol. The number of amides is 3. The number of H-pyrrole nitrogens is 1. The van der Waals surface area contributed by atoms with Crippen LogP contribution in [-0.2, 0) is 25.6 Å². The monoisotopic (exact) mass is 546 g/mol. The van der Waals surface area contributed by atoms with Crippen molar-refractivity contribution in [1.29, 1.82) is 0 Å². The number of rotatable bonds is 15. The second kappa shape index (κ2) is 14.7. The molecule has 0 spiro atoms. The number of guanidine groups is 1. The number of aliphatic hydroxyl groups excluding tert-OH is 1.